The predicted octanol–water partition coefficient (Wildman–Crippen LogP) is 2.33. The van der Waals surface area contributed by atoms with E-state index in [2.05, 4.69) is 36.8 Å². The fourth-order valence-electron chi connectivity index (χ4n) is 2.87. The molecular weight excluding hydrogens is 378 g/mol. The number of halogens is 1. The van der Waals surface area contributed by atoms with Gasteiger partial charge in [-0.1, -0.05) is 5.10 Å². The molecule has 0 radical (unpaired) electrons. The van der Waals surface area contributed by atoms with Gasteiger partial charge in [0, 0.05) is 11.3 Å². The summed E-state index contributed by atoms with van der Waals surface area (Å²) in [5.41, 5.74) is 2.12. The third-order valence-corrected chi connectivity index (χ3v) is 4.45. The number of carbonyl (C=O) groups excluding carboxylic acids is 1. The highest BCUT2D eigenvalue weighted by Gasteiger charge is 2.33. The predicted molar refractivity (Wildman–Crippen MR) is 90.2 cm³/mol. The maximum absolute atomic E-state index is 12.2. The molecule has 1 aromatic carbocycles. The van der Waals surface area contributed by atoms with E-state index >= 15 is 0 Å². The van der Waals surface area contributed by atoms with Crippen molar-refractivity contribution in [1.82, 2.24) is 20.2 Å². The maximum atomic E-state index is 12.2. The van der Waals surface area contributed by atoms with Gasteiger partial charge in [-0.2, -0.15) is 4.68 Å². The lowest BCUT2D eigenvalue weighted by Crippen LogP contribution is -2.28. The van der Waals surface area contributed by atoms with Crippen molar-refractivity contribution in [2.45, 2.75) is 19.9 Å². The van der Waals surface area contributed by atoms with Crippen molar-refractivity contribution in [3.05, 3.63) is 33.4 Å². The Kier molecular flexibility index (Phi) is 4.27. The number of methoxy groups -OCH3 is 2. The van der Waals surface area contributed by atoms with Crippen molar-refractivity contribution in [1.29, 1.82) is 0 Å². The number of hydrogen-bond acceptors (Lipinski definition) is 7. The van der Waals surface area contributed by atoms with Crippen molar-refractivity contribution >= 4 is 27.7 Å². The summed E-state index contributed by atoms with van der Waals surface area (Å²) in [6.45, 7) is 3.36. The zero-order chi connectivity index (χ0) is 17.4. The smallest absolute Gasteiger partial charge is 0.248 e. The summed E-state index contributed by atoms with van der Waals surface area (Å²) in [5, 5.41) is 14.7. The van der Waals surface area contributed by atoms with Crippen LogP contribution in [-0.4, -0.2) is 40.2 Å². The lowest BCUT2D eigenvalue weighted by atomic mass is 9.93. The molecular formula is C15H16BrN5O3. The molecule has 0 aliphatic carbocycles. The van der Waals surface area contributed by atoms with E-state index < -0.39 is 6.04 Å². The molecule has 0 amide bonds. The zero-order valence-corrected chi connectivity index (χ0v) is 15.2. The normalized spacial score (nSPS) is 16.5. The van der Waals surface area contributed by atoms with Crippen LogP contribution in [0.5, 0.6) is 11.5 Å². The van der Waals surface area contributed by atoms with Crippen LogP contribution in [0.3, 0.4) is 0 Å². The number of carbonyl (C=O) groups is 1. The number of nitrogens with zero attached hydrogens (tertiary/aromatic N) is 4. The highest BCUT2D eigenvalue weighted by Crippen LogP contribution is 2.42. The van der Waals surface area contributed by atoms with Gasteiger partial charge in [-0.25, -0.2) is 0 Å². The average molecular weight is 394 g/mol. The summed E-state index contributed by atoms with van der Waals surface area (Å²) in [6, 6.07) is 3.24. The number of Topliss-reactive ketones (excluding diaryl/α,β-unsaturated/α-hetero) is 1. The number of ketones is 1. The van der Waals surface area contributed by atoms with Crippen molar-refractivity contribution in [2.24, 2.45) is 0 Å². The van der Waals surface area contributed by atoms with Gasteiger partial charge in [-0.15, -0.1) is 0 Å². The molecule has 0 saturated carbocycles. The van der Waals surface area contributed by atoms with Crippen LogP contribution in [0.1, 0.15) is 25.5 Å². The third-order valence-electron chi connectivity index (χ3n) is 3.87. The molecule has 2 heterocycles. The first-order chi connectivity index (χ1) is 11.5. The van der Waals surface area contributed by atoms with Crippen LogP contribution >= 0.6 is 15.9 Å². The first-order valence-electron chi connectivity index (χ1n) is 7.16. The molecule has 9 heteroatoms. The number of hydrogen-bond donors (Lipinski definition) is 1. The van der Waals surface area contributed by atoms with Crippen LogP contribution in [0, 0.1) is 0 Å². The first kappa shape index (κ1) is 16.4. The summed E-state index contributed by atoms with van der Waals surface area (Å²) < 4.78 is 13.1. The van der Waals surface area contributed by atoms with E-state index in [1.807, 2.05) is 19.1 Å². The Bertz CT molecular complexity index is 846. The van der Waals surface area contributed by atoms with E-state index in [0.29, 0.717) is 27.5 Å². The molecule has 0 fully saturated rings. The SMILES string of the molecule is COc1cc([C@H]2C(C(C)=O)=C(C)Nc3nnnn32)cc(Br)c1OC. The van der Waals surface area contributed by atoms with Gasteiger partial charge in [0.25, 0.3) is 0 Å². The molecule has 1 aromatic heterocycles. The second kappa shape index (κ2) is 6.23. The monoisotopic (exact) mass is 393 g/mol. The molecule has 0 unspecified atom stereocenters. The number of anilines is 1. The Morgan fingerprint density at radius 1 is 1.33 bits per heavy atom. The van der Waals surface area contributed by atoms with Gasteiger partial charge in [0.15, 0.2) is 17.3 Å². The largest absolute Gasteiger partial charge is 0.493 e. The molecule has 1 atom stereocenters. The van der Waals surface area contributed by atoms with Crippen molar-refractivity contribution in [2.75, 3.05) is 19.5 Å². The van der Waals surface area contributed by atoms with Gasteiger partial charge in [0.05, 0.1) is 18.7 Å². The minimum Gasteiger partial charge on any atom is -0.493 e. The second-order valence-electron chi connectivity index (χ2n) is 5.31. The van der Waals surface area contributed by atoms with Gasteiger partial charge in [-0.05, 0) is 57.9 Å². The zero-order valence-electron chi connectivity index (χ0n) is 13.6. The number of fused-ring (bicyclic) bond motifs is 1. The number of ether oxygens (including phenoxy) is 2. The molecule has 3 rings (SSSR count). The van der Waals surface area contributed by atoms with E-state index in [0.717, 1.165) is 11.3 Å². The number of rotatable bonds is 4. The van der Waals surface area contributed by atoms with E-state index in [9.17, 15) is 4.79 Å². The summed E-state index contributed by atoms with van der Waals surface area (Å²) in [5.74, 6) is 1.55. The molecule has 8 nitrogen and oxygen atoms in total. The van der Waals surface area contributed by atoms with E-state index in [1.54, 1.807) is 18.9 Å². The van der Waals surface area contributed by atoms with Crippen LogP contribution in [-0.2, 0) is 4.79 Å². The van der Waals surface area contributed by atoms with E-state index in [1.165, 1.54) is 6.92 Å². The Balaban J connectivity index is 2.24. The van der Waals surface area contributed by atoms with Crippen LogP contribution in [0.2, 0.25) is 0 Å². The number of aromatic nitrogens is 4. The van der Waals surface area contributed by atoms with Crippen molar-refractivity contribution < 1.29 is 14.3 Å². The van der Waals surface area contributed by atoms with Crippen molar-refractivity contribution in [3.63, 3.8) is 0 Å². The third kappa shape index (κ3) is 2.54. The summed E-state index contributed by atoms with van der Waals surface area (Å²) in [6.07, 6.45) is 0. The van der Waals surface area contributed by atoms with Gasteiger partial charge in [0.1, 0.15) is 6.04 Å². The lowest BCUT2D eigenvalue weighted by molar-refractivity contribution is -0.114. The fourth-order valence-corrected chi connectivity index (χ4v) is 3.49. The Hall–Kier alpha value is -2.42. The van der Waals surface area contributed by atoms with Gasteiger partial charge >= 0.3 is 0 Å². The standard InChI is InChI=1S/C15H16BrN5O3/c1-7-12(8(2)22)13(21-15(17-7)18-19-20-21)9-5-10(16)14(24-4)11(6-9)23-3/h5-6,13H,1-4H3,(H,17,18,20)/t13-/m0/s1. The number of allylic oxidation sites excluding steroid dienone is 2. The second-order valence-corrected chi connectivity index (χ2v) is 6.16. The van der Waals surface area contributed by atoms with Gasteiger partial charge in [0.2, 0.25) is 5.95 Å². The molecule has 2 aromatic rings. The summed E-state index contributed by atoms with van der Waals surface area (Å²) >= 11 is 3.49. The van der Waals surface area contributed by atoms with E-state index in [4.69, 9.17) is 9.47 Å². The summed E-state index contributed by atoms with van der Waals surface area (Å²) in [4.78, 5) is 12.2. The van der Waals surface area contributed by atoms with Crippen LogP contribution < -0.4 is 14.8 Å². The quantitative estimate of drug-likeness (QED) is 0.851. The maximum Gasteiger partial charge on any atom is 0.248 e. The van der Waals surface area contributed by atoms with Crippen LogP contribution in [0.15, 0.2) is 27.9 Å². The highest BCUT2D eigenvalue weighted by molar-refractivity contribution is 9.10. The lowest BCUT2D eigenvalue weighted by Gasteiger charge is -2.28. The minimum atomic E-state index is -0.454. The Morgan fingerprint density at radius 3 is 2.71 bits per heavy atom. The van der Waals surface area contributed by atoms with Crippen LogP contribution in [0.25, 0.3) is 0 Å². The first-order valence-corrected chi connectivity index (χ1v) is 7.95. The Morgan fingerprint density at radius 2 is 2.08 bits per heavy atom. The molecule has 1 aliphatic heterocycles. The minimum absolute atomic E-state index is 0.0583. The van der Waals surface area contributed by atoms with Crippen LogP contribution in [0.4, 0.5) is 5.95 Å². The molecule has 1 aliphatic rings. The number of tetrazole rings is 1. The Labute approximate surface area is 147 Å². The topological polar surface area (TPSA) is 91.2 Å². The fraction of sp³-hybridized carbons (Fsp3) is 0.333. The number of nitrogens with one attached hydrogen (secondary N) is 1. The molecule has 126 valence electrons. The molecule has 0 saturated heterocycles. The molecule has 0 bridgehead atoms. The van der Waals surface area contributed by atoms with Gasteiger partial charge in [-0.3, -0.25) is 4.79 Å². The number of benzene rings is 1. The summed E-state index contributed by atoms with van der Waals surface area (Å²) in [7, 11) is 3.13. The molecule has 1 N–H and O–H groups in total. The highest BCUT2D eigenvalue weighted by atomic mass is 79.9. The van der Waals surface area contributed by atoms with E-state index in [-0.39, 0.29) is 5.78 Å². The van der Waals surface area contributed by atoms with Crippen molar-refractivity contribution in [3.8, 4) is 11.5 Å². The molecule has 24 heavy (non-hydrogen) atoms. The average Bonchev–Trinajstić information content (AvgIpc) is 3.00. The van der Waals surface area contributed by atoms with Gasteiger partial charge < -0.3 is 14.8 Å². The molecule has 0 spiro atoms.